The molecule has 0 unspecified atom stereocenters. The van der Waals surface area contributed by atoms with Gasteiger partial charge in [-0.3, -0.25) is 4.98 Å². The van der Waals surface area contributed by atoms with Gasteiger partial charge < -0.3 is 20.9 Å². The van der Waals surface area contributed by atoms with E-state index in [4.69, 9.17) is 0 Å². The molecule has 0 atom stereocenters. The summed E-state index contributed by atoms with van der Waals surface area (Å²) in [6.45, 7) is 1.08. The van der Waals surface area contributed by atoms with Gasteiger partial charge in [0.05, 0.1) is 28.9 Å². The summed E-state index contributed by atoms with van der Waals surface area (Å²) < 4.78 is 53.2. The predicted molar refractivity (Wildman–Crippen MR) is 181 cm³/mol. The first-order valence-electron chi connectivity index (χ1n) is 16.4. The van der Waals surface area contributed by atoms with Crippen molar-refractivity contribution < 1.29 is 17.2 Å². The lowest BCUT2D eigenvalue weighted by Gasteiger charge is -2.36. The van der Waals surface area contributed by atoms with Crippen LogP contribution >= 0.6 is 0 Å². The Labute approximate surface area is 278 Å². The quantitative estimate of drug-likeness (QED) is 0.172. The largest absolute Gasteiger partial charge is 0.382 e. The highest BCUT2D eigenvalue weighted by atomic mass is 32.2. The van der Waals surface area contributed by atoms with Crippen molar-refractivity contribution >= 4 is 33.0 Å². The molecule has 12 nitrogen and oxygen atoms in total. The van der Waals surface area contributed by atoms with E-state index < -0.39 is 15.9 Å². The molecule has 3 saturated carbocycles. The van der Waals surface area contributed by atoms with Gasteiger partial charge in [-0.1, -0.05) is 0 Å². The molecule has 3 N–H and O–H groups in total. The third-order valence-electron chi connectivity index (χ3n) is 9.17. The first kappa shape index (κ1) is 32.3. The number of nitrogens with zero attached hydrogens (tertiary/aromatic N) is 7. The maximum absolute atomic E-state index is 13.5. The Balaban J connectivity index is 1.12. The fourth-order valence-electron chi connectivity index (χ4n) is 6.52. The predicted octanol–water partition coefficient (Wildman–Crippen LogP) is 5.62. The summed E-state index contributed by atoms with van der Waals surface area (Å²) in [6.07, 6.45) is 13.2. The molecule has 0 radical (unpaired) electrons. The van der Waals surface area contributed by atoms with E-state index in [9.17, 15) is 17.2 Å². The summed E-state index contributed by atoms with van der Waals surface area (Å²) in [5, 5.41) is 13.9. The van der Waals surface area contributed by atoms with Gasteiger partial charge in [-0.25, -0.2) is 32.2 Å². The Morgan fingerprint density at radius 2 is 1.69 bits per heavy atom. The average Bonchev–Trinajstić information content (AvgIpc) is 3.78. The van der Waals surface area contributed by atoms with Crippen LogP contribution in [0, 0.1) is 5.92 Å². The molecule has 4 aromatic rings. The highest BCUT2D eigenvalue weighted by molar-refractivity contribution is 7.90. The third-order valence-corrected chi connectivity index (χ3v) is 11.2. The number of alkyl halides is 2. The van der Waals surface area contributed by atoms with Crippen molar-refractivity contribution in [3.63, 3.8) is 0 Å². The van der Waals surface area contributed by atoms with E-state index >= 15 is 0 Å². The Kier molecular flexibility index (Phi) is 8.75. The number of pyridine rings is 2. The number of aromatic nitrogens is 6. The maximum atomic E-state index is 13.5. The lowest BCUT2D eigenvalue weighted by molar-refractivity contribution is -0.0793. The van der Waals surface area contributed by atoms with E-state index in [1.807, 2.05) is 12.1 Å². The fourth-order valence-corrected chi connectivity index (χ4v) is 7.99. The molecule has 15 heteroatoms. The standard InChI is InChI=1S/C33H40F2N10O2S/c1-44(2)19-21-3-5-23(6-4-21)41-29-14-31(38-18-27(29)28-13-24(9-11-36-28)40-25-15-33(34,35)16-25)42-30-10-12-37-32(43-30)22-17-39-45(20-22)48(46,47)26-7-8-26/h9-14,17-18,20-21,23,25-26H,3-8,15-16,19H2,1-2H3,(H,36,40)(H2,37,38,41,42,43). The molecule has 3 aliphatic rings. The molecule has 3 fully saturated rings. The van der Waals surface area contributed by atoms with Crippen molar-refractivity contribution in [2.24, 2.45) is 5.92 Å². The highest BCUT2D eigenvalue weighted by Crippen LogP contribution is 2.40. The fraction of sp³-hybridized carbons (Fsp3) is 0.485. The number of rotatable bonds is 12. The zero-order valence-corrected chi connectivity index (χ0v) is 27.8. The molecule has 3 aliphatic carbocycles. The zero-order valence-electron chi connectivity index (χ0n) is 27.0. The highest BCUT2D eigenvalue weighted by Gasteiger charge is 2.45. The summed E-state index contributed by atoms with van der Waals surface area (Å²) in [5.41, 5.74) is 3.55. The lowest BCUT2D eigenvalue weighted by atomic mass is 9.85. The monoisotopic (exact) mass is 678 g/mol. The summed E-state index contributed by atoms with van der Waals surface area (Å²) in [6, 6.07) is 7.30. The smallest absolute Gasteiger partial charge is 0.256 e. The van der Waals surface area contributed by atoms with Crippen molar-refractivity contribution in [2.45, 2.75) is 74.6 Å². The number of hydrogen-bond donors (Lipinski definition) is 3. The minimum absolute atomic E-state index is 0.178. The Morgan fingerprint density at radius 1 is 0.917 bits per heavy atom. The number of hydrogen-bond acceptors (Lipinski definition) is 11. The number of nitrogens with one attached hydrogen (secondary N) is 3. The number of halogens is 2. The third kappa shape index (κ3) is 7.41. The van der Waals surface area contributed by atoms with Crippen LogP contribution in [0.15, 0.2) is 55.2 Å². The molecule has 254 valence electrons. The van der Waals surface area contributed by atoms with Crippen LogP contribution in [0.3, 0.4) is 0 Å². The van der Waals surface area contributed by atoms with Crippen molar-refractivity contribution in [3.05, 3.63) is 55.2 Å². The van der Waals surface area contributed by atoms with Gasteiger partial charge >= 0.3 is 0 Å². The summed E-state index contributed by atoms with van der Waals surface area (Å²) in [7, 11) is 0.725. The van der Waals surface area contributed by atoms with E-state index in [1.54, 1.807) is 30.7 Å². The summed E-state index contributed by atoms with van der Waals surface area (Å²) >= 11 is 0. The molecule has 0 aromatic carbocycles. The van der Waals surface area contributed by atoms with Gasteiger partial charge in [-0.05, 0) is 76.7 Å². The van der Waals surface area contributed by atoms with Crippen LogP contribution in [0.1, 0.15) is 51.4 Å². The van der Waals surface area contributed by atoms with Gasteiger partial charge in [0.25, 0.3) is 15.9 Å². The Hall–Kier alpha value is -4.24. The molecule has 4 aromatic heterocycles. The Morgan fingerprint density at radius 3 is 2.42 bits per heavy atom. The molecular weight excluding hydrogens is 638 g/mol. The molecule has 0 aliphatic heterocycles. The van der Waals surface area contributed by atoms with Gasteiger partial charge in [0.1, 0.15) is 11.6 Å². The molecular formula is C33H40F2N10O2S. The first-order valence-corrected chi connectivity index (χ1v) is 17.9. The summed E-state index contributed by atoms with van der Waals surface area (Å²) in [5.74, 6) is -0.575. The van der Waals surface area contributed by atoms with E-state index in [-0.39, 0.29) is 30.2 Å². The minimum atomic E-state index is -3.50. The van der Waals surface area contributed by atoms with Gasteiger partial charge in [0, 0.05) is 73.1 Å². The van der Waals surface area contributed by atoms with Crippen LogP contribution in [0.25, 0.3) is 22.6 Å². The molecule has 48 heavy (non-hydrogen) atoms. The van der Waals surface area contributed by atoms with Crippen molar-refractivity contribution in [1.29, 1.82) is 0 Å². The topological polar surface area (TPSA) is 143 Å². The first-order chi connectivity index (χ1) is 23.0. The normalized spacial score (nSPS) is 21.1. The lowest BCUT2D eigenvalue weighted by Crippen LogP contribution is -2.44. The average molecular weight is 679 g/mol. The van der Waals surface area contributed by atoms with Gasteiger partial charge in [0.2, 0.25) is 0 Å². The molecule has 7 rings (SSSR count). The molecule has 0 bridgehead atoms. The second kappa shape index (κ2) is 13.0. The van der Waals surface area contributed by atoms with Crippen molar-refractivity contribution in [1.82, 2.24) is 34.0 Å². The van der Waals surface area contributed by atoms with Crippen molar-refractivity contribution in [2.75, 3.05) is 36.6 Å². The van der Waals surface area contributed by atoms with E-state index in [1.165, 1.54) is 12.4 Å². The van der Waals surface area contributed by atoms with Crippen LogP contribution < -0.4 is 16.0 Å². The van der Waals surface area contributed by atoms with Crippen LogP contribution in [-0.2, 0) is 10.0 Å². The van der Waals surface area contributed by atoms with Crippen molar-refractivity contribution in [3.8, 4) is 22.6 Å². The minimum Gasteiger partial charge on any atom is -0.382 e. The van der Waals surface area contributed by atoms with Gasteiger partial charge in [-0.15, -0.1) is 0 Å². The second-order valence-electron chi connectivity index (χ2n) is 13.5. The molecule has 0 spiro atoms. The van der Waals surface area contributed by atoms with E-state index in [0.717, 1.165) is 53.3 Å². The van der Waals surface area contributed by atoms with E-state index in [0.29, 0.717) is 47.5 Å². The van der Waals surface area contributed by atoms with Gasteiger partial charge in [-0.2, -0.15) is 9.19 Å². The number of anilines is 4. The maximum Gasteiger partial charge on any atom is 0.256 e. The summed E-state index contributed by atoms with van der Waals surface area (Å²) in [4.78, 5) is 20.5. The van der Waals surface area contributed by atoms with E-state index in [2.05, 4.69) is 60.0 Å². The van der Waals surface area contributed by atoms with Crippen LogP contribution in [0.2, 0.25) is 0 Å². The van der Waals surface area contributed by atoms with Gasteiger partial charge in [0.15, 0.2) is 5.82 Å². The Bertz CT molecular complexity index is 1870. The second-order valence-corrected chi connectivity index (χ2v) is 15.6. The van der Waals surface area contributed by atoms with Crippen LogP contribution in [0.4, 0.5) is 31.8 Å². The van der Waals surface area contributed by atoms with Crippen LogP contribution in [-0.4, -0.2) is 86.3 Å². The van der Waals surface area contributed by atoms with Crippen LogP contribution in [0.5, 0.6) is 0 Å². The SMILES string of the molecule is CN(C)CC1CCC(Nc2cc(Nc3ccnc(-c4cnn(S(=O)(=O)C5CC5)c4)n3)ncc2-c2cc(NC3CC(F)(F)C3)ccn2)CC1. The zero-order chi connectivity index (χ0) is 33.5. The molecule has 0 amide bonds. The molecule has 0 saturated heterocycles. The molecule has 4 heterocycles.